The molecule has 1 aliphatic carbocycles. The number of anilines is 1. The highest BCUT2D eigenvalue weighted by Crippen LogP contribution is 2.29. The van der Waals surface area contributed by atoms with E-state index in [0.717, 1.165) is 30.6 Å². The largest absolute Gasteiger partial charge is 0.327 e. The van der Waals surface area contributed by atoms with Gasteiger partial charge in [0.15, 0.2) is 5.13 Å². The monoisotopic (exact) mass is 377 g/mol. The molecule has 0 spiro atoms. The number of carbonyl (C=O) groups is 1. The number of thiazole rings is 1. The van der Waals surface area contributed by atoms with Crippen LogP contribution in [0.1, 0.15) is 27.3 Å². The minimum Gasteiger partial charge on any atom is -0.327 e. The van der Waals surface area contributed by atoms with Crippen molar-refractivity contribution in [2.45, 2.75) is 25.3 Å². The van der Waals surface area contributed by atoms with Gasteiger partial charge in [-0.3, -0.25) is 10.1 Å². The Morgan fingerprint density at radius 3 is 2.84 bits per heavy atom. The SMILES string of the molecule is Cl.N[C@H]1CCc2nc(NC(=O)c3ccc(-n4cnnn4)cc3)sc2C1. The predicted molar refractivity (Wildman–Crippen MR) is 96.5 cm³/mol. The molecule has 1 atom stereocenters. The average Bonchev–Trinajstić information content (AvgIpc) is 3.23. The van der Waals surface area contributed by atoms with Crippen LogP contribution in [0.3, 0.4) is 0 Å². The summed E-state index contributed by atoms with van der Waals surface area (Å²) in [7, 11) is 0. The van der Waals surface area contributed by atoms with Gasteiger partial charge in [0.2, 0.25) is 0 Å². The van der Waals surface area contributed by atoms with Crippen LogP contribution in [0, 0.1) is 0 Å². The molecule has 1 aliphatic rings. The molecule has 2 aromatic heterocycles. The topological polar surface area (TPSA) is 112 Å². The summed E-state index contributed by atoms with van der Waals surface area (Å²) >= 11 is 1.51. The van der Waals surface area contributed by atoms with E-state index >= 15 is 0 Å². The third kappa shape index (κ3) is 3.68. The van der Waals surface area contributed by atoms with Crippen LogP contribution >= 0.6 is 23.7 Å². The first kappa shape index (κ1) is 17.5. The molecule has 3 aromatic rings. The van der Waals surface area contributed by atoms with Crippen LogP contribution in [0.25, 0.3) is 5.69 Å². The number of hydrogen-bond donors (Lipinski definition) is 2. The van der Waals surface area contributed by atoms with Gasteiger partial charge in [0.1, 0.15) is 6.33 Å². The number of hydrogen-bond acceptors (Lipinski definition) is 7. The summed E-state index contributed by atoms with van der Waals surface area (Å²) in [6.07, 6.45) is 4.16. The molecule has 25 heavy (non-hydrogen) atoms. The highest BCUT2D eigenvalue weighted by atomic mass is 35.5. The first-order chi connectivity index (χ1) is 11.7. The summed E-state index contributed by atoms with van der Waals surface area (Å²) in [5, 5.41) is 14.5. The van der Waals surface area contributed by atoms with Crippen molar-refractivity contribution in [1.29, 1.82) is 0 Å². The van der Waals surface area contributed by atoms with Crippen molar-refractivity contribution < 1.29 is 4.79 Å². The fourth-order valence-electron chi connectivity index (χ4n) is 2.67. The zero-order valence-electron chi connectivity index (χ0n) is 13.1. The Balaban J connectivity index is 0.00000182. The smallest absolute Gasteiger partial charge is 0.257 e. The quantitative estimate of drug-likeness (QED) is 0.717. The number of aryl methyl sites for hydroxylation is 1. The van der Waals surface area contributed by atoms with Gasteiger partial charge in [0.05, 0.1) is 11.4 Å². The van der Waals surface area contributed by atoms with Gasteiger partial charge in [-0.2, -0.15) is 0 Å². The maximum Gasteiger partial charge on any atom is 0.257 e. The first-order valence-corrected chi connectivity index (χ1v) is 8.39. The van der Waals surface area contributed by atoms with E-state index in [2.05, 4.69) is 25.8 Å². The molecule has 0 aliphatic heterocycles. The summed E-state index contributed by atoms with van der Waals surface area (Å²) in [6, 6.07) is 7.24. The van der Waals surface area contributed by atoms with E-state index in [1.807, 2.05) is 0 Å². The highest BCUT2D eigenvalue weighted by Gasteiger charge is 2.21. The van der Waals surface area contributed by atoms with Crippen LogP contribution in [-0.4, -0.2) is 37.1 Å². The van der Waals surface area contributed by atoms with E-state index in [1.165, 1.54) is 27.2 Å². The summed E-state index contributed by atoms with van der Waals surface area (Å²) in [4.78, 5) is 18.1. The second-order valence-electron chi connectivity index (χ2n) is 5.65. The Labute approximate surface area is 153 Å². The fourth-order valence-corrected chi connectivity index (χ4v) is 3.76. The lowest BCUT2D eigenvalue weighted by Gasteiger charge is -2.15. The Bertz CT molecular complexity index is 863. The number of halogens is 1. The standard InChI is InChI=1S/C15H15N7OS.ClH/c16-10-3-6-12-13(7-10)24-15(18-12)19-14(23)9-1-4-11(5-2-9)22-8-17-20-21-22;/h1-2,4-5,8,10H,3,6-7,16H2,(H,18,19,23);1H/t10-;/m0./s1. The highest BCUT2D eigenvalue weighted by molar-refractivity contribution is 7.15. The van der Waals surface area contributed by atoms with E-state index in [1.54, 1.807) is 24.3 Å². The number of rotatable bonds is 3. The molecule has 3 N–H and O–H groups in total. The lowest BCUT2D eigenvalue weighted by Crippen LogP contribution is -2.27. The minimum absolute atomic E-state index is 0. The summed E-state index contributed by atoms with van der Waals surface area (Å²) < 4.78 is 1.53. The third-order valence-corrected chi connectivity index (χ3v) is 4.98. The van der Waals surface area contributed by atoms with E-state index in [0.29, 0.717) is 10.7 Å². The maximum absolute atomic E-state index is 12.4. The van der Waals surface area contributed by atoms with E-state index < -0.39 is 0 Å². The molecule has 0 saturated carbocycles. The number of fused-ring (bicyclic) bond motifs is 1. The fraction of sp³-hybridized carbons (Fsp3) is 0.267. The number of nitrogens with two attached hydrogens (primary N) is 1. The molecule has 8 nitrogen and oxygen atoms in total. The second-order valence-corrected chi connectivity index (χ2v) is 6.73. The maximum atomic E-state index is 12.4. The summed E-state index contributed by atoms with van der Waals surface area (Å²) in [5.41, 5.74) is 8.38. The predicted octanol–water partition coefficient (Wildman–Crippen LogP) is 1.61. The molecule has 0 saturated heterocycles. The Morgan fingerprint density at radius 1 is 1.32 bits per heavy atom. The van der Waals surface area contributed by atoms with Gasteiger partial charge in [0.25, 0.3) is 5.91 Å². The van der Waals surface area contributed by atoms with Gasteiger partial charge in [-0.1, -0.05) is 0 Å². The molecule has 1 aromatic carbocycles. The van der Waals surface area contributed by atoms with Crippen LogP contribution in [0.2, 0.25) is 0 Å². The number of nitrogens with one attached hydrogen (secondary N) is 1. The Kier molecular flexibility index (Phi) is 5.07. The molecule has 130 valence electrons. The molecule has 0 bridgehead atoms. The van der Waals surface area contributed by atoms with Gasteiger partial charge in [0, 0.05) is 16.5 Å². The van der Waals surface area contributed by atoms with Crippen molar-refractivity contribution in [3.05, 3.63) is 46.7 Å². The number of carbonyl (C=O) groups excluding carboxylic acids is 1. The molecule has 4 rings (SSSR count). The number of amides is 1. The summed E-state index contributed by atoms with van der Waals surface area (Å²) in [6.45, 7) is 0. The number of nitrogens with zero attached hydrogens (tertiary/aromatic N) is 5. The van der Waals surface area contributed by atoms with Crippen LogP contribution in [0.15, 0.2) is 30.6 Å². The van der Waals surface area contributed by atoms with Crippen molar-refractivity contribution in [3.63, 3.8) is 0 Å². The normalized spacial score (nSPS) is 16.0. The molecule has 0 unspecified atom stereocenters. The van der Waals surface area contributed by atoms with Crippen LogP contribution in [0.4, 0.5) is 5.13 Å². The number of benzene rings is 1. The van der Waals surface area contributed by atoms with Gasteiger partial charge in [-0.15, -0.1) is 28.8 Å². The third-order valence-electron chi connectivity index (χ3n) is 3.94. The van der Waals surface area contributed by atoms with Crippen molar-refractivity contribution in [2.75, 3.05) is 5.32 Å². The number of tetrazole rings is 1. The molecule has 1 amide bonds. The van der Waals surface area contributed by atoms with Crippen LogP contribution in [-0.2, 0) is 12.8 Å². The van der Waals surface area contributed by atoms with Crippen molar-refractivity contribution in [2.24, 2.45) is 5.73 Å². The molecular weight excluding hydrogens is 362 g/mol. The lowest BCUT2D eigenvalue weighted by atomic mass is 9.99. The second kappa shape index (κ2) is 7.26. The lowest BCUT2D eigenvalue weighted by molar-refractivity contribution is 0.102. The van der Waals surface area contributed by atoms with E-state index in [9.17, 15) is 4.79 Å². The van der Waals surface area contributed by atoms with Crippen molar-refractivity contribution in [1.82, 2.24) is 25.2 Å². The average molecular weight is 378 g/mol. The molecule has 10 heteroatoms. The minimum atomic E-state index is -0.186. The molecule has 0 radical (unpaired) electrons. The first-order valence-electron chi connectivity index (χ1n) is 7.58. The zero-order valence-corrected chi connectivity index (χ0v) is 14.8. The van der Waals surface area contributed by atoms with Crippen molar-refractivity contribution >= 4 is 34.8 Å². The Morgan fingerprint density at radius 2 is 2.12 bits per heavy atom. The summed E-state index contributed by atoms with van der Waals surface area (Å²) in [5.74, 6) is -0.186. The number of aromatic nitrogens is 5. The van der Waals surface area contributed by atoms with Gasteiger partial charge in [-0.05, 0) is 54.0 Å². The van der Waals surface area contributed by atoms with E-state index in [4.69, 9.17) is 5.73 Å². The van der Waals surface area contributed by atoms with Crippen molar-refractivity contribution in [3.8, 4) is 5.69 Å². The Hall–Kier alpha value is -2.36. The van der Waals surface area contributed by atoms with Crippen LogP contribution < -0.4 is 11.1 Å². The van der Waals surface area contributed by atoms with Gasteiger partial charge >= 0.3 is 0 Å². The van der Waals surface area contributed by atoms with Crippen LogP contribution in [0.5, 0.6) is 0 Å². The van der Waals surface area contributed by atoms with Gasteiger partial charge < -0.3 is 5.73 Å². The molecular formula is C15H16ClN7OS. The molecule has 0 fully saturated rings. The molecule has 2 heterocycles. The van der Waals surface area contributed by atoms with E-state index in [-0.39, 0.29) is 24.4 Å². The van der Waals surface area contributed by atoms with Gasteiger partial charge in [-0.25, -0.2) is 9.67 Å². The zero-order chi connectivity index (χ0) is 16.5.